The van der Waals surface area contributed by atoms with Crippen molar-refractivity contribution in [2.45, 2.75) is 92.0 Å². The van der Waals surface area contributed by atoms with Gasteiger partial charge in [0.25, 0.3) is 0 Å². The number of hydrogen-bond donors (Lipinski definition) is 0. The topological polar surface area (TPSA) is 74.6 Å². The molecule has 0 radical (unpaired) electrons. The first-order valence-electron chi connectivity index (χ1n) is 14.6. The zero-order chi connectivity index (χ0) is 31.5. The van der Waals surface area contributed by atoms with Gasteiger partial charge in [0, 0.05) is 0 Å². The molecule has 0 aliphatic carbocycles. The monoisotopic (exact) mass is 609 g/mol. The van der Waals surface area contributed by atoms with Gasteiger partial charge in [0.1, 0.15) is 11.5 Å². The van der Waals surface area contributed by atoms with Crippen LogP contribution in [0.4, 0.5) is 5.69 Å². The molecule has 0 saturated heterocycles. The van der Waals surface area contributed by atoms with Crippen LogP contribution in [0.2, 0.25) is 0 Å². The molecule has 6 heteroatoms. The van der Waals surface area contributed by atoms with Crippen molar-refractivity contribution in [2.24, 2.45) is 0 Å². The fourth-order valence-corrected chi connectivity index (χ4v) is 3.61. The molecular weight excluding hydrogens is 554 g/mol. The first-order chi connectivity index (χ1) is 19.3. The Kier molecular flexibility index (Phi) is 22.2. The molecule has 3 aromatic rings. The Bertz CT molecular complexity index is 1090. The van der Waals surface area contributed by atoms with Gasteiger partial charge in [-0.25, -0.2) is 0 Å². The van der Waals surface area contributed by atoms with Gasteiger partial charge in [-0.1, -0.05) is 140 Å². The van der Waals surface area contributed by atoms with Crippen molar-refractivity contribution < 1.29 is 31.6 Å². The van der Waals surface area contributed by atoms with Crippen LogP contribution in [0, 0.1) is 0 Å². The summed E-state index contributed by atoms with van der Waals surface area (Å²) < 4.78 is 6.01. The summed E-state index contributed by atoms with van der Waals surface area (Å²) in [5.74, 6) is 1.52. The number of para-hydroxylation sites is 3. The van der Waals surface area contributed by atoms with E-state index in [1.54, 1.807) is 28.2 Å². The Labute approximate surface area is 273 Å². The fraction of sp³-hybridized carbons (Fsp3) is 0.500. The molecule has 0 heterocycles. The molecule has 0 aliphatic heterocycles. The van der Waals surface area contributed by atoms with E-state index < -0.39 is 0 Å². The van der Waals surface area contributed by atoms with Gasteiger partial charge in [-0.05, 0) is 34.6 Å². The van der Waals surface area contributed by atoms with Crippen LogP contribution in [-0.4, -0.2) is 28.2 Å². The summed E-state index contributed by atoms with van der Waals surface area (Å²) in [6.45, 7) is 17.5. The first-order valence-corrected chi connectivity index (χ1v) is 14.6. The van der Waals surface area contributed by atoms with Crippen LogP contribution in [0.1, 0.15) is 91.3 Å². The Morgan fingerprint density at radius 2 is 1.21 bits per heavy atom. The summed E-state index contributed by atoms with van der Waals surface area (Å²) in [6, 6.07) is 21.4. The third-order valence-corrected chi connectivity index (χ3v) is 5.80. The summed E-state index contributed by atoms with van der Waals surface area (Å²) in [5, 5.41) is 25.0. The van der Waals surface area contributed by atoms with Gasteiger partial charge >= 0.3 is 21.7 Å². The van der Waals surface area contributed by atoms with Gasteiger partial charge in [-0.15, -0.1) is 12.3 Å². The quantitative estimate of drug-likeness (QED) is 0.250. The molecule has 5 nitrogen and oxygen atoms in total. The normalized spacial score (nSPS) is 10.4. The standard InChI is InChI=1S/C27H32NO2.C5H12.2C2H6N.Ti/c1-26(2,3)20-16-19(25(29)22(17-20)27(4,5)6)18-28-23-14-10-11-15-24(23)30-21-12-8-7-9-13-21;1-3-5-4-2;2*1-3-2;/h7-17,29H,18H2,1-6H3;3-5H2,1-2H3;2*1-2H3;/q-1;;2*-1;+4/p-1. The fourth-order valence-electron chi connectivity index (χ4n) is 3.61. The predicted octanol–water partition coefficient (Wildman–Crippen LogP) is 10.8. The second kappa shape index (κ2) is 22.3. The van der Waals surface area contributed by atoms with Crippen LogP contribution in [0.5, 0.6) is 17.2 Å². The van der Waals surface area contributed by atoms with Crippen molar-refractivity contribution in [3.05, 3.63) is 99.4 Å². The summed E-state index contributed by atoms with van der Waals surface area (Å²) >= 11 is 0. The minimum Gasteiger partial charge on any atom is -0.872 e. The van der Waals surface area contributed by atoms with Crippen molar-refractivity contribution in [1.29, 1.82) is 0 Å². The Morgan fingerprint density at radius 1 is 0.714 bits per heavy atom. The molecule has 42 heavy (non-hydrogen) atoms. The smallest absolute Gasteiger partial charge is 0.872 e. The van der Waals surface area contributed by atoms with Crippen LogP contribution in [-0.2, 0) is 39.1 Å². The summed E-state index contributed by atoms with van der Waals surface area (Å²) in [6.07, 6.45) is 4.08. The van der Waals surface area contributed by atoms with Crippen LogP contribution in [0.25, 0.3) is 16.0 Å². The van der Waals surface area contributed by atoms with E-state index in [0.29, 0.717) is 12.3 Å². The number of ether oxygens (including phenoxy) is 1. The van der Waals surface area contributed by atoms with Gasteiger partial charge in [-0.2, -0.15) is 28.2 Å². The Morgan fingerprint density at radius 3 is 1.67 bits per heavy atom. The Balaban J connectivity index is 0. The SMILES string of the molecule is CC(C)(C)c1cc(C[N-]c2ccccc2Oc2ccccc2)c([O-])c(C(C)(C)C)c1.CCCCC.C[N-]C.C[N-]C.[Ti+4]. The van der Waals surface area contributed by atoms with Gasteiger partial charge in [0.05, 0.1) is 0 Å². The maximum atomic E-state index is 13.2. The van der Waals surface area contributed by atoms with E-state index in [0.717, 1.165) is 28.1 Å². The van der Waals surface area contributed by atoms with Crippen LogP contribution in [0.3, 0.4) is 0 Å². The molecule has 0 unspecified atom stereocenters. The molecule has 3 aromatic carbocycles. The van der Waals surface area contributed by atoms with E-state index in [-0.39, 0.29) is 38.3 Å². The zero-order valence-electron chi connectivity index (χ0n) is 28.3. The Hall–Kier alpha value is -2.31. The second-order valence-corrected chi connectivity index (χ2v) is 12.0. The maximum Gasteiger partial charge on any atom is 4.00 e. The summed E-state index contributed by atoms with van der Waals surface area (Å²) in [4.78, 5) is 0. The second-order valence-electron chi connectivity index (χ2n) is 12.0. The van der Waals surface area contributed by atoms with E-state index in [4.69, 9.17) is 10.1 Å². The minimum absolute atomic E-state index is 0. The molecular formula is C36H55N3O2Ti. The predicted molar refractivity (Wildman–Crippen MR) is 179 cm³/mol. The number of benzene rings is 3. The van der Waals surface area contributed by atoms with E-state index in [1.807, 2.05) is 60.7 Å². The van der Waals surface area contributed by atoms with Crippen molar-refractivity contribution in [3.8, 4) is 17.2 Å². The van der Waals surface area contributed by atoms with Crippen molar-refractivity contribution >= 4 is 5.69 Å². The largest absolute Gasteiger partial charge is 4.00 e. The van der Waals surface area contributed by atoms with Gasteiger partial charge in [0.15, 0.2) is 0 Å². The number of rotatable bonds is 7. The number of hydrogen-bond acceptors (Lipinski definition) is 2. The summed E-state index contributed by atoms with van der Waals surface area (Å²) in [7, 11) is 7.00. The van der Waals surface area contributed by atoms with Gasteiger partial charge in [-0.3, -0.25) is 0 Å². The van der Waals surface area contributed by atoms with Gasteiger partial charge in [0.2, 0.25) is 0 Å². The van der Waals surface area contributed by atoms with Crippen LogP contribution >= 0.6 is 0 Å². The maximum absolute atomic E-state index is 13.2. The van der Waals surface area contributed by atoms with E-state index >= 15 is 0 Å². The molecule has 230 valence electrons. The van der Waals surface area contributed by atoms with Crippen molar-refractivity contribution in [1.82, 2.24) is 0 Å². The molecule has 0 saturated carbocycles. The first kappa shape index (κ1) is 41.8. The molecule has 0 aromatic heterocycles. The summed E-state index contributed by atoms with van der Waals surface area (Å²) in [5.41, 5.74) is 3.19. The number of unbranched alkanes of at least 4 members (excludes halogenated alkanes) is 2. The number of nitrogens with zero attached hydrogens (tertiary/aromatic N) is 3. The molecule has 0 aliphatic rings. The molecule has 0 fully saturated rings. The van der Waals surface area contributed by atoms with Crippen LogP contribution in [0.15, 0.2) is 66.7 Å². The molecule has 0 amide bonds. The van der Waals surface area contributed by atoms with E-state index in [2.05, 4.69) is 72.1 Å². The van der Waals surface area contributed by atoms with E-state index in [1.165, 1.54) is 19.3 Å². The minimum atomic E-state index is -0.221. The molecule has 3 rings (SSSR count). The molecule has 0 atom stereocenters. The average Bonchev–Trinajstić information content (AvgIpc) is 2.90. The zero-order valence-corrected chi connectivity index (χ0v) is 29.9. The van der Waals surface area contributed by atoms with Gasteiger partial charge < -0.3 is 25.8 Å². The van der Waals surface area contributed by atoms with Crippen LogP contribution < -0.4 is 9.84 Å². The molecule has 0 bridgehead atoms. The van der Waals surface area contributed by atoms with E-state index in [9.17, 15) is 5.11 Å². The average molecular weight is 610 g/mol. The third kappa shape index (κ3) is 16.4. The molecule has 0 spiro atoms. The third-order valence-electron chi connectivity index (χ3n) is 5.80. The van der Waals surface area contributed by atoms with Crippen molar-refractivity contribution in [2.75, 3.05) is 28.2 Å². The molecule has 0 N–H and O–H groups in total. The van der Waals surface area contributed by atoms with Crippen molar-refractivity contribution in [3.63, 3.8) is 0 Å².